The van der Waals surface area contributed by atoms with Crippen LogP contribution in [0.2, 0.25) is 0 Å². The van der Waals surface area contributed by atoms with Crippen LogP contribution in [0.5, 0.6) is 0 Å². The molecule has 2 atom stereocenters. The summed E-state index contributed by atoms with van der Waals surface area (Å²) in [6.07, 6.45) is 4.78. The number of piperidine rings is 1. The zero-order chi connectivity index (χ0) is 16.2. The van der Waals surface area contributed by atoms with E-state index >= 15 is 0 Å². The molecule has 2 fully saturated rings. The Morgan fingerprint density at radius 1 is 1.27 bits per heavy atom. The Hall–Kier alpha value is -0.660. The van der Waals surface area contributed by atoms with Crippen LogP contribution >= 0.6 is 0 Å². The van der Waals surface area contributed by atoms with E-state index < -0.39 is 27.2 Å². The Labute approximate surface area is 133 Å². The van der Waals surface area contributed by atoms with Crippen LogP contribution in [-0.4, -0.2) is 46.4 Å². The Morgan fingerprint density at radius 3 is 2.55 bits per heavy atom. The van der Waals surface area contributed by atoms with Crippen molar-refractivity contribution in [1.82, 2.24) is 10.0 Å². The maximum atomic E-state index is 12.7. The van der Waals surface area contributed by atoms with Crippen molar-refractivity contribution in [2.75, 3.05) is 26.7 Å². The SMILES string of the molecule is COC(=O)C1CCCCC1S(=O)(=O)NCC1(C)CCNCC1. The summed E-state index contributed by atoms with van der Waals surface area (Å²) < 4.78 is 32.9. The summed E-state index contributed by atoms with van der Waals surface area (Å²) in [7, 11) is -2.17. The molecule has 22 heavy (non-hydrogen) atoms. The minimum absolute atomic E-state index is 0.00620. The van der Waals surface area contributed by atoms with Crippen LogP contribution in [0, 0.1) is 11.3 Å². The van der Waals surface area contributed by atoms with Gasteiger partial charge in [0.25, 0.3) is 0 Å². The molecule has 128 valence electrons. The highest BCUT2D eigenvalue weighted by atomic mass is 32.2. The Balaban J connectivity index is 2.02. The van der Waals surface area contributed by atoms with E-state index in [9.17, 15) is 13.2 Å². The zero-order valence-electron chi connectivity index (χ0n) is 13.6. The highest BCUT2D eigenvalue weighted by molar-refractivity contribution is 7.90. The number of carbonyl (C=O) groups is 1. The summed E-state index contributed by atoms with van der Waals surface area (Å²) in [6, 6.07) is 0. The van der Waals surface area contributed by atoms with E-state index in [1.54, 1.807) is 0 Å². The highest BCUT2D eigenvalue weighted by Crippen LogP contribution is 2.32. The van der Waals surface area contributed by atoms with Gasteiger partial charge in [0.1, 0.15) is 0 Å². The first-order chi connectivity index (χ1) is 10.4. The summed E-state index contributed by atoms with van der Waals surface area (Å²) in [5.41, 5.74) is -0.00620. The second-order valence-corrected chi connectivity index (χ2v) is 8.86. The number of ether oxygens (including phenoxy) is 1. The minimum Gasteiger partial charge on any atom is -0.469 e. The standard InChI is InChI=1S/C15H28N2O4S/c1-15(7-9-16-10-8-15)11-17-22(19,20)13-6-4-3-5-12(13)14(18)21-2/h12-13,16-17H,3-11H2,1-2H3. The van der Waals surface area contributed by atoms with E-state index in [4.69, 9.17) is 4.74 Å². The fraction of sp³-hybridized carbons (Fsp3) is 0.933. The summed E-state index contributed by atoms with van der Waals surface area (Å²) >= 11 is 0. The highest BCUT2D eigenvalue weighted by Gasteiger charge is 2.41. The van der Waals surface area contributed by atoms with E-state index in [1.807, 2.05) is 0 Å². The zero-order valence-corrected chi connectivity index (χ0v) is 14.4. The predicted octanol–water partition coefficient (Wildman–Crippen LogP) is 1.03. The number of methoxy groups -OCH3 is 1. The van der Waals surface area contributed by atoms with Crippen molar-refractivity contribution in [2.24, 2.45) is 11.3 Å². The molecule has 0 aromatic rings. The molecule has 1 aliphatic heterocycles. The van der Waals surface area contributed by atoms with Crippen molar-refractivity contribution in [1.29, 1.82) is 0 Å². The van der Waals surface area contributed by atoms with Gasteiger partial charge in [-0.05, 0) is 44.2 Å². The van der Waals surface area contributed by atoms with Crippen molar-refractivity contribution in [3.63, 3.8) is 0 Å². The van der Waals surface area contributed by atoms with Crippen LogP contribution in [0.3, 0.4) is 0 Å². The predicted molar refractivity (Wildman–Crippen MR) is 84.9 cm³/mol. The molecule has 0 radical (unpaired) electrons. The molecule has 2 aliphatic rings. The van der Waals surface area contributed by atoms with Crippen LogP contribution < -0.4 is 10.0 Å². The molecule has 1 saturated heterocycles. The van der Waals surface area contributed by atoms with Gasteiger partial charge in [0, 0.05) is 6.54 Å². The topological polar surface area (TPSA) is 84.5 Å². The Bertz CT molecular complexity index is 486. The number of nitrogens with one attached hydrogen (secondary N) is 2. The lowest BCUT2D eigenvalue weighted by molar-refractivity contribution is -0.146. The van der Waals surface area contributed by atoms with Crippen LogP contribution in [0.25, 0.3) is 0 Å². The lowest BCUT2D eigenvalue weighted by Crippen LogP contribution is -2.48. The maximum absolute atomic E-state index is 12.7. The largest absolute Gasteiger partial charge is 0.469 e. The van der Waals surface area contributed by atoms with Gasteiger partial charge < -0.3 is 10.1 Å². The van der Waals surface area contributed by atoms with Crippen LogP contribution in [-0.2, 0) is 19.6 Å². The Morgan fingerprint density at radius 2 is 1.91 bits per heavy atom. The maximum Gasteiger partial charge on any atom is 0.310 e. The third-order valence-corrected chi connectivity index (χ3v) is 7.02. The van der Waals surface area contributed by atoms with Crippen molar-refractivity contribution >= 4 is 16.0 Å². The third kappa shape index (κ3) is 4.20. The van der Waals surface area contributed by atoms with Crippen molar-refractivity contribution in [3.8, 4) is 0 Å². The van der Waals surface area contributed by atoms with Gasteiger partial charge in [0.15, 0.2) is 0 Å². The van der Waals surface area contributed by atoms with Gasteiger partial charge in [-0.25, -0.2) is 13.1 Å². The molecule has 0 amide bonds. The first kappa shape index (κ1) is 17.7. The molecule has 1 saturated carbocycles. The number of hydrogen-bond donors (Lipinski definition) is 2. The molecule has 0 bridgehead atoms. The minimum atomic E-state index is -3.50. The molecule has 0 aromatic carbocycles. The molecule has 0 spiro atoms. The van der Waals surface area contributed by atoms with Crippen molar-refractivity contribution in [3.05, 3.63) is 0 Å². The molecule has 0 aromatic heterocycles. The van der Waals surface area contributed by atoms with Gasteiger partial charge in [-0.1, -0.05) is 19.8 Å². The molecule has 2 N–H and O–H groups in total. The monoisotopic (exact) mass is 332 g/mol. The van der Waals surface area contributed by atoms with Crippen LogP contribution in [0.4, 0.5) is 0 Å². The van der Waals surface area contributed by atoms with Crippen molar-refractivity contribution < 1.29 is 17.9 Å². The van der Waals surface area contributed by atoms with Crippen LogP contribution in [0.1, 0.15) is 45.4 Å². The van der Waals surface area contributed by atoms with Gasteiger partial charge in [0.05, 0.1) is 18.3 Å². The molecular formula is C15H28N2O4S. The van der Waals surface area contributed by atoms with Crippen LogP contribution in [0.15, 0.2) is 0 Å². The van der Waals surface area contributed by atoms with E-state index in [-0.39, 0.29) is 5.41 Å². The number of carbonyl (C=O) groups excluding carboxylic acids is 1. The summed E-state index contributed by atoms with van der Waals surface area (Å²) in [4.78, 5) is 11.9. The fourth-order valence-electron chi connectivity index (χ4n) is 3.48. The average molecular weight is 332 g/mol. The quantitative estimate of drug-likeness (QED) is 0.735. The summed E-state index contributed by atoms with van der Waals surface area (Å²) in [5.74, 6) is -0.930. The molecule has 2 unspecified atom stereocenters. The second kappa shape index (κ2) is 7.27. The summed E-state index contributed by atoms with van der Waals surface area (Å²) in [5, 5.41) is 2.64. The molecular weight excluding hydrogens is 304 g/mol. The molecule has 6 nitrogen and oxygen atoms in total. The van der Waals surface area contributed by atoms with Gasteiger partial charge in [-0.2, -0.15) is 0 Å². The fourth-order valence-corrected chi connectivity index (χ4v) is 5.40. The van der Waals surface area contributed by atoms with E-state index in [0.717, 1.165) is 38.8 Å². The third-order valence-electron chi connectivity index (χ3n) is 5.12. The van der Waals surface area contributed by atoms with Gasteiger partial charge in [0.2, 0.25) is 10.0 Å². The second-order valence-electron chi connectivity index (χ2n) is 6.88. The van der Waals surface area contributed by atoms with E-state index in [1.165, 1.54) is 7.11 Å². The number of rotatable bonds is 5. The Kier molecular flexibility index (Phi) is 5.85. The smallest absolute Gasteiger partial charge is 0.310 e. The lowest BCUT2D eigenvalue weighted by atomic mass is 9.81. The normalized spacial score (nSPS) is 29.0. The molecule has 7 heteroatoms. The first-order valence-electron chi connectivity index (χ1n) is 8.15. The van der Waals surface area contributed by atoms with Gasteiger partial charge in [-0.15, -0.1) is 0 Å². The number of hydrogen-bond acceptors (Lipinski definition) is 5. The van der Waals surface area contributed by atoms with Gasteiger partial charge >= 0.3 is 5.97 Å². The molecule has 1 aliphatic carbocycles. The summed E-state index contributed by atoms with van der Waals surface area (Å²) in [6.45, 7) is 4.41. The van der Waals surface area contributed by atoms with Crippen molar-refractivity contribution in [2.45, 2.75) is 50.7 Å². The molecule has 1 heterocycles. The van der Waals surface area contributed by atoms with E-state index in [0.29, 0.717) is 19.4 Å². The average Bonchev–Trinajstić information content (AvgIpc) is 2.53. The number of esters is 1. The van der Waals surface area contributed by atoms with E-state index in [2.05, 4.69) is 17.0 Å². The molecule has 2 rings (SSSR count). The number of sulfonamides is 1. The van der Waals surface area contributed by atoms with Gasteiger partial charge in [-0.3, -0.25) is 4.79 Å². The first-order valence-corrected chi connectivity index (χ1v) is 9.70. The lowest BCUT2D eigenvalue weighted by Gasteiger charge is -2.35.